The minimum atomic E-state index is -1.30. The predicted molar refractivity (Wildman–Crippen MR) is 80.5 cm³/mol. The van der Waals surface area contributed by atoms with E-state index in [9.17, 15) is 8.42 Å². The van der Waals surface area contributed by atoms with Gasteiger partial charge in [-0.25, -0.2) is 8.42 Å². The number of hydrogen-bond donors (Lipinski definition) is 0. The normalized spacial score (nSPS) is 17.3. The van der Waals surface area contributed by atoms with Crippen molar-refractivity contribution in [2.45, 2.75) is 51.0 Å². The van der Waals surface area contributed by atoms with E-state index >= 15 is 0 Å². The Hall–Kier alpha value is -0.560. The third-order valence-corrected chi connectivity index (χ3v) is 4.36. The van der Waals surface area contributed by atoms with Gasteiger partial charge in [0.25, 0.3) is 0 Å². The maximum Gasteiger partial charge on any atom is 0.146 e. The maximum atomic E-state index is 11.6. The Bertz CT molecular complexity index is 343. The minimum Gasteiger partial charge on any atom is -0.325 e. The van der Waals surface area contributed by atoms with E-state index in [1.807, 2.05) is 41.5 Å². The number of hydrogen-bond acceptors (Lipinski definition) is 2. The lowest BCUT2D eigenvalue weighted by Crippen LogP contribution is -2.23. The van der Waals surface area contributed by atoms with Crippen LogP contribution in [0.25, 0.3) is 0 Å². The zero-order valence-electron chi connectivity index (χ0n) is 12.1. The van der Waals surface area contributed by atoms with Gasteiger partial charge in [0.1, 0.15) is 34.6 Å². The molecular formula is C11H23N3O2S2. The molecule has 0 heterocycles. The first-order valence-corrected chi connectivity index (χ1v) is 7.80. The van der Waals surface area contributed by atoms with Crippen LogP contribution in [0, 0.1) is 0 Å². The van der Waals surface area contributed by atoms with Crippen LogP contribution in [0.15, 0.2) is 8.80 Å². The summed E-state index contributed by atoms with van der Waals surface area (Å²) < 4.78 is 30.4. The van der Waals surface area contributed by atoms with E-state index in [1.54, 1.807) is 7.05 Å². The molecule has 0 fully saturated rings. The number of rotatable bonds is 4. The van der Waals surface area contributed by atoms with E-state index in [0.29, 0.717) is 0 Å². The van der Waals surface area contributed by atoms with E-state index in [1.165, 1.54) is 17.6 Å². The summed E-state index contributed by atoms with van der Waals surface area (Å²) in [6, 6.07) is 0. The summed E-state index contributed by atoms with van der Waals surface area (Å²) in [6.07, 6.45) is 2.84. The topological polar surface area (TPSA) is 62.1 Å². The van der Waals surface area contributed by atoms with Gasteiger partial charge < -0.3 is 4.90 Å². The van der Waals surface area contributed by atoms with Crippen LogP contribution in [-0.4, -0.2) is 42.5 Å². The van der Waals surface area contributed by atoms with Crippen molar-refractivity contribution in [2.75, 3.05) is 7.05 Å². The summed E-state index contributed by atoms with van der Waals surface area (Å²) in [4.78, 5) is 1.54. The summed E-state index contributed by atoms with van der Waals surface area (Å²) in [5, 5.41) is 0. The molecule has 0 N–H and O–H groups in total. The predicted octanol–water partition coefficient (Wildman–Crippen LogP) is 1.90. The van der Waals surface area contributed by atoms with Gasteiger partial charge in [-0.3, -0.25) is 0 Å². The SMILES string of the molecule is CN(/C=N/[S@](=O)C(C)(C)C)/C=N/[S@](=O)C(C)(C)C. The summed E-state index contributed by atoms with van der Waals surface area (Å²) in [7, 11) is -0.897. The van der Waals surface area contributed by atoms with E-state index < -0.39 is 22.0 Å². The fourth-order valence-electron chi connectivity index (χ4n) is 0.580. The lowest BCUT2D eigenvalue weighted by atomic mass is 10.3. The molecular weight excluding hydrogens is 270 g/mol. The Morgan fingerprint density at radius 3 is 1.33 bits per heavy atom. The molecule has 0 aromatic rings. The van der Waals surface area contributed by atoms with Gasteiger partial charge in [0.2, 0.25) is 0 Å². The molecule has 0 aliphatic carbocycles. The Labute approximate surface area is 115 Å². The van der Waals surface area contributed by atoms with Crippen LogP contribution < -0.4 is 0 Å². The van der Waals surface area contributed by atoms with Crippen molar-refractivity contribution >= 4 is 34.6 Å². The highest BCUT2D eigenvalue weighted by Crippen LogP contribution is 2.12. The third-order valence-electron chi connectivity index (χ3n) is 1.70. The Morgan fingerprint density at radius 1 is 0.833 bits per heavy atom. The van der Waals surface area contributed by atoms with Crippen molar-refractivity contribution in [3.8, 4) is 0 Å². The average molecular weight is 293 g/mol. The molecule has 0 aromatic carbocycles. The summed E-state index contributed by atoms with van der Waals surface area (Å²) in [5.41, 5.74) is 0. The first-order chi connectivity index (χ1) is 7.94. The van der Waals surface area contributed by atoms with Gasteiger partial charge in [-0.15, -0.1) is 0 Å². The number of nitrogens with zero attached hydrogens (tertiary/aromatic N) is 3. The van der Waals surface area contributed by atoms with E-state index in [2.05, 4.69) is 8.80 Å². The molecule has 0 saturated carbocycles. The van der Waals surface area contributed by atoms with E-state index in [4.69, 9.17) is 0 Å². The van der Waals surface area contributed by atoms with Crippen LogP contribution in [0.1, 0.15) is 41.5 Å². The second-order valence-corrected chi connectivity index (χ2v) is 9.70. The van der Waals surface area contributed by atoms with Gasteiger partial charge in [-0.1, -0.05) is 0 Å². The van der Waals surface area contributed by atoms with Gasteiger partial charge in [0.15, 0.2) is 0 Å². The molecule has 0 rings (SSSR count). The molecule has 18 heavy (non-hydrogen) atoms. The fourth-order valence-corrected chi connectivity index (χ4v) is 1.68. The van der Waals surface area contributed by atoms with Crippen LogP contribution in [-0.2, 0) is 22.0 Å². The quantitative estimate of drug-likeness (QED) is 0.587. The van der Waals surface area contributed by atoms with Crippen LogP contribution in [0.4, 0.5) is 0 Å². The zero-order valence-corrected chi connectivity index (χ0v) is 13.8. The molecule has 0 amide bonds. The fraction of sp³-hybridized carbons (Fsp3) is 0.818. The van der Waals surface area contributed by atoms with Gasteiger partial charge in [-0.05, 0) is 41.5 Å². The molecule has 2 atom stereocenters. The van der Waals surface area contributed by atoms with Gasteiger partial charge in [-0.2, -0.15) is 8.80 Å². The molecule has 0 unspecified atom stereocenters. The lowest BCUT2D eigenvalue weighted by Gasteiger charge is -2.15. The van der Waals surface area contributed by atoms with E-state index in [0.717, 1.165) is 0 Å². The van der Waals surface area contributed by atoms with Crippen LogP contribution >= 0.6 is 0 Å². The Morgan fingerprint density at radius 2 is 1.11 bits per heavy atom. The first kappa shape index (κ1) is 17.4. The van der Waals surface area contributed by atoms with Crippen molar-refractivity contribution in [2.24, 2.45) is 8.80 Å². The summed E-state index contributed by atoms with van der Waals surface area (Å²) in [6.45, 7) is 11.1. The monoisotopic (exact) mass is 293 g/mol. The van der Waals surface area contributed by atoms with Gasteiger partial charge in [0.05, 0.1) is 9.49 Å². The van der Waals surface area contributed by atoms with Gasteiger partial charge >= 0.3 is 0 Å². The smallest absolute Gasteiger partial charge is 0.146 e. The minimum absolute atomic E-state index is 0.386. The first-order valence-electron chi connectivity index (χ1n) is 5.59. The van der Waals surface area contributed by atoms with Crippen molar-refractivity contribution in [3.63, 3.8) is 0 Å². The summed E-state index contributed by atoms with van der Waals surface area (Å²) in [5.74, 6) is 0. The second-order valence-electron chi connectivity index (χ2n) is 5.83. The molecule has 106 valence electrons. The highest BCUT2D eigenvalue weighted by Gasteiger charge is 2.19. The van der Waals surface area contributed by atoms with Crippen LogP contribution in [0.3, 0.4) is 0 Å². The van der Waals surface area contributed by atoms with Crippen molar-refractivity contribution in [1.29, 1.82) is 0 Å². The standard InChI is InChI=1S/C11H23N3O2S2/c1-10(2,3)17(15)12-8-14(7)9-13-18(16)11(4,5)6/h8-9H,1-7H3/b12-8+,13-9+/t17-,18-/m1/s1. The molecule has 5 nitrogen and oxygen atoms in total. The molecule has 7 heteroatoms. The molecule has 0 bridgehead atoms. The molecule has 0 spiro atoms. The Kier molecular flexibility index (Phi) is 6.36. The van der Waals surface area contributed by atoms with Crippen LogP contribution in [0.2, 0.25) is 0 Å². The molecule has 0 aliphatic rings. The van der Waals surface area contributed by atoms with Crippen molar-refractivity contribution < 1.29 is 8.42 Å². The zero-order chi connectivity index (χ0) is 14.6. The van der Waals surface area contributed by atoms with E-state index in [-0.39, 0.29) is 9.49 Å². The van der Waals surface area contributed by atoms with Gasteiger partial charge in [0, 0.05) is 7.05 Å². The lowest BCUT2D eigenvalue weighted by molar-refractivity contribution is 0.649. The Balaban J connectivity index is 4.50. The molecule has 0 aromatic heterocycles. The highest BCUT2D eigenvalue weighted by atomic mass is 32.2. The molecule has 0 saturated heterocycles. The average Bonchev–Trinajstić information content (AvgIpc) is 2.19. The van der Waals surface area contributed by atoms with Crippen molar-refractivity contribution in [3.05, 3.63) is 0 Å². The largest absolute Gasteiger partial charge is 0.325 e. The highest BCUT2D eigenvalue weighted by molar-refractivity contribution is 7.85. The maximum absolute atomic E-state index is 11.6. The summed E-state index contributed by atoms with van der Waals surface area (Å²) >= 11 is 0. The second kappa shape index (κ2) is 6.56. The molecule has 0 aliphatic heterocycles. The van der Waals surface area contributed by atoms with Crippen molar-refractivity contribution in [1.82, 2.24) is 4.90 Å². The molecule has 0 radical (unpaired) electrons. The van der Waals surface area contributed by atoms with Crippen LogP contribution in [0.5, 0.6) is 0 Å². The third kappa shape index (κ3) is 7.00.